The Bertz CT molecular complexity index is 1980. The number of hydrogen-bond donors (Lipinski definition) is 1. The van der Waals surface area contributed by atoms with Gasteiger partial charge in [0.25, 0.3) is 0 Å². The lowest BCUT2D eigenvalue weighted by Gasteiger charge is -2.39. The molecule has 2 aliphatic heterocycles. The van der Waals surface area contributed by atoms with E-state index in [1.165, 1.54) is 16.2 Å². The van der Waals surface area contributed by atoms with Crippen molar-refractivity contribution in [3.8, 4) is 23.5 Å². The van der Waals surface area contributed by atoms with Crippen LogP contribution in [0.3, 0.4) is 0 Å². The van der Waals surface area contributed by atoms with Crippen molar-refractivity contribution in [1.82, 2.24) is 29.2 Å². The maximum absolute atomic E-state index is 13.9. The fraction of sp³-hybridized carbons (Fsp3) is 0.618. The minimum atomic E-state index is -0.435. The lowest BCUT2D eigenvalue weighted by atomic mass is 9.62. The quantitative estimate of drug-likeness (QED) is 0.315. The second kappa shape index (κ2) is 11.2. The maximum Gasteiger partial charge on any atom is 0.330 e. The standard InChI is InChI=1S/C34H42N8O4S/c1-17-10-11-23(40(17)4)19(3)45-32-26-31(42(33(43)41(26)5)20-14-18(2)44-16-20)37-30(38-32)27-21-8-6-12-34(28(21)39-46-27)13-7-9-24-25(34)22(15-35)29(36)47-24/h17-20,23H,6-14,16,36H2,1-5H3/t17-,18-,19-,20+,23-,34-/m0/s1. The molecule has 0 aromatic carbocycles. The summed E-state index contributed by atoms with van der Waals surface area (Å²) in [5.74, 6) is 1.22. The van der Waals surface area contributed by atoms with Gasteiger partial charge in [-0.25, -0.2) is 9.78 Å². The Morgan fingerprint density at radius 2 is 1.96 bits per heavy atom. The first kappa shape index (κ1) is 30.6. The number of aromatic nitrogens is 5. The van der Waals surface area contributed by atoms with E-state index in [2.05, 4.69) is 31.9 Å². The molecule has 1 spiro atoms. The summed E-state index contributed by atoms with van der Waals surface area (Å²) in [5.41, 5.74) is 10.3. The predicted molar refractivity (Wildman–Crippen MR) is 178 cm³/mol. The van der Waals surface area contributed by atoms with Gasteiger partial charge in [-0.05, 0) is 91.2 Å². The van der Waals surface area contributed by atoms with Gasteiger partial charge < -0.3 is 19.7 Å². The van der Waals surface area contributed by atoms with E-state index in [0.29, 0.717) is 58.3 Å². The highest BCUT2D eigenvalue weighted by Gasteiger charge is 2.48. The molecule has 4 aromatic rings. The van der Waals surface area contributed by atoms with Crippen molar-refractivity contribution in [2.45, 2.75) is 114 Å². The second-order valence-electron chi connectivity index (χ2n) is 14.1. The zero-order valence-corrected chi connectivity index (χ0v) is 28.5. The molecule has 2 N–H and O–H groups in total. The molecule has 2 aliphatic carbocycles. The summed E-state index contributed by atoms with van der Waals surface area (Å²) in [6.45, 7) is 6.78. The number of anilines is 1. The Morgan fingerprint density at radius 1 is 1.17 bits per heavy atom. The van der Waals surface area contributed by atoms with Crippen molar-refractivity contribution in [1.29, 1.82) is 5.26 Å². The third-order valence-electron chi connectivity index (χ3n) is 11.5. The fourth-order valence-corrected chi connectivity index (χ4v) is 10.1. The lowest BCUT2D eigenvalue weighted by molar-refractivity contribution is 0.104. The molecule has 0 bridgehead atoms. The van der Waals surface area contributed by atoms with Crippen LogP contribution in [0.1, 0.15) is 99.0 Å². The van der Waals surface area contributed by atoms with Crippen LogP contribution in [0.4, 0.5) is 5.00 Å². The number of nitrogens with two attached hydrogens (primary N) is 1. The van der Waals surface area contributed by atoms with Crippen LogP contribution in [0, 0.1) is 11.3 Å². The summed E-state index contributed by atoms with van der Waals surface area (Å²) < 4.78 is 22.2. The Labute approximate surface area is 277 Å². The molecule has 6 heterocycles. The molecule has 0 amide bonds. The Hall–Kier alpha value is -3.73. The van der Waals surface area contributed by atoms with Crippen LogP contribution in [0.5, 0.6) is 5.88 Å². The minimum Gasteiger partial charge on any atom is -0.471 e. The van der Waals surface area contributed by atoms with Crippen LogP contribution in [0.15, 0.2) is 9.32 Å². The highest BCUT2D eigenvalue weighted by Crippen LogP contribution is 2.54. The van der Waals surface area contributed by atoms with Gasteiger partial charge in [-0.2, -0.15) is 10.2 Å². The van der Waals surface area contributed by atoms with Gasteiger partial charge in [0.15, 0.2) is 11.2 Å². The highest BCUT2D eigenvalue weighted by atomic mass is 32.1. The molecule has 0 radical (unpaired) electrons. The SMILES string of the molecule is C[C@H](Oc1nc(-c2onc3c2CCC[C@@]32CCCc3sc(N)c(C#N)c32)nc2c1n(C)c(=O)n2[C@H]1CO[C@@H](C)C1)[C@@H]1CC[C@H](C)N1C. The van der Waals surface area contributed by atoms with E-state index in [0.717, 1.165) is 68.2 Å². The van der Waals surface area contributed by atoms with Crippen molar-refractivity contribution in [2.24, 2.45) is 7.05 Å². The van der Waals surface area contributed by atoms with Gasteiger partial charge in [-0.15, -0.1) is 11.3 Å². The first-order valence-corrected chi connectivity index (χ1v) is 17.7. The molecule has 12 nitrogen and oxygen atoms in total. The number of ether oxygens (including phenoxy) is 2. The highest BCUT2D eigenvalue weighted by molar-refractivity contribution is 7.16. The van der Waals surface area contributed by atoms with Crippen LogP contribution >= 0.6 is 11.3 Å². The van der Waals surface area contributed by atoms with Crippen molar-refractivity contribution >= 4 is 27.5 Å². The largest absolute Gasteiger partial charge is 0.471 e. The average molecular weight is 659 g/mol. The number of nitriles is 1. The van der Waals surface area contributed by atoms with Crippen molar-refractivity contribution in [3.05, 3.63) is 37.7 Å². The van der Waals surface area contributed by atoms with E-state index in [1.807, 2.05) is 6.92 Å². The number of hydrogen-bond acceptors (Lipinski definition) is 11. The number of likely N-dealkylation sites (N-methyl/N-ethyl adjacent to an activating group) is 1. The van der Waals surface area contributed by atoms with E-state index in [-0.39, 0.29) is 30.0 Å². The van der Waals surface area contributed by atoms with Gasteiger partial charge in [0, 0.05) is 35.0 Å². The molecule has 0 unspecified atom stereocenters. The number of imidazole rings is 1. The van der Waals surface area contributed by atoms with E-state index in [9.17, 15) is 10.1 Å². The van der Waals surface area contributed by atoms with Crippen LogP contribution in [-0.4, -0.2) is 67.1 Å². The van der Waals surface area contributed by atoms with Crippen molar-refractivity contribution < 1.29 is 14.0 Å². The summed E-state index contributed by atoms with van der Waals surface area (Å²) >= 11 is 1.53. The number of rotatable bonds is 5. The Kier molecular flexibility index (Phi) is 7.27. The first-order chi connectivity index (χ1) is 22.6. The summed E-state index contributed by atoms with van der Waals surface area (Å²) in [6.07, 6.45) is 8.02. The molecule has 248 valence electrons. The number of nitrogens with zero attached hydrogens (tertiary/aromatic N) is 7. The van der Waals surface area contributed by atoms with Crippen LogP contribution in [0.25, 0.3) is 22.7 Å². The normalized spacial score (nSPS) is 28.1. The molecule has 0 saturated carbocycles. The molecule has 2 fully saturated rings. The van der Waals surface area contributed by atoms with Crippen LogP contribution in [-0.2, 0) is 30.0 Å². The second-order valence-corrected chi connectivity index (χ2v) is 15.3. The van der Waals surface area contributed by atoms with Gasteiger partial charge in [0.2, 0.25) is 17.5 Å². The summed E-state index contributed by atoms with van der Waals surface area (Å²) in [6, 6.07) is 2.93. The maximum atomic E-state index is 13.9. The van der Waals surface area contributed by atoms with Crippen LogP contribution < -0.4 is 16.2 Å². The summed E-state index contributed by atoms with van der Waals surface area (Å²) in [4.78, 5) is 27.5. The van der Waals surface area contributed by atoms with Crippen molar-refractivity contribution in [2.75, 3.05) is 19.4 Å². The molecule has 4 aliphatic rings. The zero-order chi connectivity index (χ0) is 32.8. The predicted octanol–water partition coefficient (Wildman–Crippen LogP) is 4.86. The third kappa shape index (κ3) is 4.51. The van der Waals surface area contributed by atoms with E-state index < -0.39 is 5.41 Å². The summed E-state index contributed by atoms with van der Waals surface area (Å²) in [5, 5.41) is 15.4. The van der Waals surface area contributed by atoms with Crippen LogP contribution in [0.2, 0.25) is 0 Å². The molecule has 6 atom stereocenters. The molecule has 8 rings (SSSR count). The van der Waals surface area contributed by atoms with Crippen molar-refractivity contribution in [3.63, 3.8) is 0 Å². The van der Waals surface area contributed by atoms with E-state index in [1.54, 1.807) is 16.2 Å². The van der Waals surface area contributed by atoms with E-state index >= 15 is 0 Å². The molecule has 13 heteroatoms. The number of fused-ring (bicyclic) bond motifs is 5. The smallest absolute Gasteiger partial charge is 0.330 e. The number of nitrogen functional groups attached to an aromatic ring is 1. The Balaban J connectivity index is 1.30. The van der Waals surface area contributed by atoms with Gasteiger partial charge in [0.05, 0.1) is 30.0 Å². The zero-order valence-electron chi connectivity index (χ0n) is 27.7. The topological polar surface area (TPSA) is 150 Å². The molecule has 4 aromatic heterocycles. The average Bonchev–Trinajstić information content (AvgIpc) is 3.86. The first-order valence-electron chi connectivity index (χ1n) is 16.9. The molecule has 47 heavy (non-hydrogen) atoms. The summed E-state index contributed by atoms with van der Waals surface area (Å²) in [7, 11) is 3.90. The third-order valence-corrected chi connectivity index (χ3v) is 12.5. The van der Waals surface area contributed by atoms with Gasteiger partial charge in [0.1, 0.15) is 17.2 Å². The molecular weight excluding hydrogens is 616 g/mol. The number of aryl methyl sites for hydroxylation is 2. The van der Waals surface area contributed by atoms with Gasteiger partial charge >= 0.3 is 5.69 Å². The number of likely N-dealkylation sites (tertiary alicyclic amines) is 1. The fourth-order valence-electron chi connectivity index (χ4n) is 8.92. The molecule has 2 saturated heterocycles. The lowest BCUT2D eigenvalue weighted by Crippen LogP contribution is -2.40. The van der Waals surface area contributed by atoms with Gasteiger partial charge in [-0.1, -0.05) is 5.16 Å². The Morgan fingerprint density at radius 3 is 2.66 bits per heavy atom. The minimum absolute atomic E-state index is 0.0430. The monoisotopic (exact) mass is 658 g/mol. The number of thiophene rings is 1. The molecular formula is C34H42N8O4S. The van der Waals surface area contributed by atoms with Gasteiger partial charge in [-0.3, -0.25) is 14.0 Å². The van der Waals surface area contributed by atoms with E-state index in [4.69, 9.17) is 34.9 Å².